The van der Waals surface area contributed by atoms with Crippen LogP contribution in [-0.4, -0.2) is 23.0 Å². The van der Waals surface area contributed by atoms with Crippen molar-refractivity contribution < 1.29 is 9.53 Å². The summed E-state index contributed by atoms with van der Waals surface area (Å²) in [6.07, 6.45) is 0. The average Bonchev–Trinajstić information content (AvgIpc) is 2.38. The van der Waals surface area contributed by atoms with Gasteiger partial charge < -0.3 is 10.5 Å². The second kappa shape index (κ2) is 4.83. The van der Waals surface area contributed by atoms with Crippen LogP contribution in [0.15, 0.2) is 30.3 Å². The molecule has 5 heteroatoms. The normalized spacial score (nSPS) is 10.1. The van der Waals surface area contributed by atoms with Gasteiger partial charge in [0.25, 0.3) is 5.91 Å². The Morgan fingerprint density at radius 1 is 1.28 bits per heavy atom. The standard InChI is InChI=1S/C13H13N3O2/c1-8-15-10(7-11(16-8)13(14)17)9-5-3-4-6-12(9)18-2/h3-7H,1-2H3,(H2,14,17). The van der Waals surface area contributed by atoms with E-state index in [4.69, 9.17) is 10.5 Å². The zero-order chi connectivity index (χ0) is 13.1. The quantitative estimate of drug-likeness (QED) is 0.887. The Hall–Kier alpha value is -2.43. The predicted octanol–water partition coefficient (Wildman–Crippen LogP) is 1.56. The van der Waals surface area contributed by atoms with E-state index in [9.17, 15) is 4.79 Å². The molecular weight excluding hydrogens is 230 g/mol. The van der Waals surface area contributed by atoms with Crippen LogP contribution in [0, 0.1) is 6.92 Å². The van der Waals surface area contributed by atoms with Crippen molar-refractivity contribution >= 4 is 5.91 Å². The van der Waals surface area contributed by atoms with Crippen LogP contribution in [0.4, 0.5) is 0 Å². The molecule has 0 aliphatic rings. The van der Waals surface area contributed by atoms with Crippen molar-refractivity contribution in [1.29, 1.82) is 0 Å². The maximum Gasteiger partial charge on any atom is 0.267 e. The number of aryl methyl sites for hydroxylation is 1. The monoisotopic (exact) mass is 243 g/mol. The molecular formula is C13H13N3O2. The number of carbonyl (C=O) groups excluding carboxylic acids is 1. The van der Waals surface area contributed by atoms with Crippen LogP contribution in [0.2, 0.25) is 0 Å². The molecule has 1 heterocycles. The molecule has 0 fully saturated rings. The number of rotatable bonds is 3. The first-order valence-corrected chi connectivity index (χ1v) is 5.40. The van der Waals surface area contributed by atoms with E-state index in [0.717, 1.165) is 5.56 Å². The third kappa shape index (κ3) is 2.29. The third-order valence-corrected chi connectivity index (χ3v) is 2.47. The molecule has 0 spiro atoms. The lowest BCUT2D eigenvalue weighted by Crippen LogP contribution is -2.14. The first-order valence-electron chi connectivity index (χ1n) is 5.40. The van der Waals surface area contributed by atoms with Gasteiger partial charge in [-0.2, -0.15) is 0 Å². The topological polar surface area (TPSA) is 78.1 Å². The van der Waals surface area contributed by atoms with Gasteiger partial charge in [0.1, 0.15) is 17.3 Å². The van der Waals surface area contributed by atoms with E-state index in [1.807, 2.05) is 24.3 Å². The number of nitrogens with zero attached hydrogens (tertiary/aromatic N) is 2. The summed E-state index contributed by atoms with van der Waals surface area (Å²) < 4.78 is 5.26. The summed E-state index contributed by atoms with van der Waals surface area (Å²) in [6.45, 7) is 1.71. The van der Waals surface area contributed by atoms with Gasteiger partial charge in [-0.25, -0.2) is 9.97 Å². The lowest BCUT2D eigenvalue weighted by atomic mass is 10.1. The molecule has 0 aliphatic heterocycles. The minimum Gasteiger partial charge on any atom is -0.496 e. The van der Waals surface area contributed by atoms with Crippen LogP contribution < -0.4 is 10.5 Å². The van der Waals surface area contributed by atoms with Gasteiger partial charge in [0, 0.05) is 5.56 Å². The number of methoxy groups -OCH3 is 1. The molecule has 0 bridgehead atoms. The Morgan fingerprint density at radius 2 is 2.00 bits per heavy atom. The van der Waals surface area contributed by atoms with Gasteiger partial charge in [-0.1, -0.05) is 12.1 Å². The van der Waals surface area contributed by atoms with Crippen LogP contribution in [-0.2, 0) is 0 Å². The fraction of sp³-hybridized carbons (Fsp3) is 0.154. The molecule has 2 rings (SSSR count). The van der Waals surface area contributed by atoms with Gasteiger partial charge >= 0.3 is 0 Å². The van der Waals surface area contributed by atoms with Crippen LogP contribution in [0.5, 0.6) is 5.75 Å². The molecule has 5 nitrogen and oxygen atoms in total. The Labute approximate surface area is 105 Å². The Bertz CT molecular complexity index is 597. The third-order valence-electron chi connectivity index (χ3n) is 2.47. The summed E-state index contributed by atoms with van der Waals surface area (Å²) in [5.74, 6) is 0.606. The lowest BCUT2D eigenvalue weighted by Gasteiger charge is -2.08. The molecule has 0 unspecified atom stereocenters. The summed E-state index contributed by atoms with van der Waals surface area (Å²) in [6, 6.07) is 9.00. The van der Waals surface area contributed by atoms with Crippen molar-refractivity contribution in [3.8, 4) is 17.0 Å². The molecule has 0 aliphatic carbocycles. The number of para-hydroxylation sites is 1. The van der Waals surface area contributed by atoms with Crippen molar-refractivity contribution in [1.82, 2.24) is 9.97 Å². The van der Waals surface area contributed by atoms with E-state index in [-0.39, 0.29) is 5.69 Å². The van der Waals surface area contributed by atoms with Crippen LogP contribution in [0.3, 0.4) is 0 Å². The molecule has 1 amide bonds. The maximum atomic E-state index is 11.2. The Balaban J connectivity index is 2.60. The fourth-order valence-electron chi connectivity index (χ4n) is 1.69. The fourth-order valence-corrected chi connectivity index (χ4v) is 1.69. The molecule has 92 valence electrons. The largest absolute Gasteiger partial charge is 0.496 e. The Morgan fingerprint density at radius 3 is 2.67 bits per heavy atom. The molecule has 1 aromatic heterocycles. The van der Waals surface area contributed by atoms with Gasteiger partial charge in [-0.15, -0.1) is 0 Å². The van der Waals surface area contributed by atoms with Crippen LogP contribution >= 0.6 is 0 Å². The number of aromatic nitrogens is 2. The summed E-state index contributed by atoms with van der Waals surface area (Å²) in [5.41, 5.74) is 6.86. The molecule has 0 saturated carbocycles. The van der Waals surface area contributed by atoms with Crippen LogP contribution in [0.1, 0.15) is 16.3 Å². The number of primary amides is 1. The van der Waals surface area contributed by atoms with E-state index in [2.05, 4.69) is 9.97 Å². The molecule has 0 atom stereocenters. The van der Waals surface area contributed by atoms with E-state index in [1.54, 1.807) is 20.1 Å². The summed E-state index contributed by atoms with van der Waals surface area (Å²) >= 11 is 0. The highest BCUT2D eigenvalue weighted by molar-refractivity contribution is 5.92. The molecule has 0 radical (unpaired) electrons. The summed E-state index contributed by atoms with van der Waals surface area (Å²) in [7, 11) is 1.59. The second-order valence-electron chi connectivity index (χ2n) is 3.75. The number of carbonyl (C=O) groups is 1. The van der Waals surface area contributed by atoms with E-state index in [1.165, 1.54) is 0 Å². The van der Waals surface area contributed by atoms with Crippen molar-refractivity contribution in [2.45, 2.75) is 6.92 Å². The SMILES string of the molecule is COc1ccccc1-c1cc(C(N)=O)nc(C)n1. The first kappa shape index (κ1) is 12.0. The number of ether oxygens (including phenoxy) is 1. The van der Waals surface area contributed by atoms with Gasteiger partial charge in [0.05, 0.1) is 12.8 Å². The number of nitrogens with two attached hydrogens (primary N) is 1. The summed E-state index contributed by atoms with van der Waals surface area (Å²) in [5, 5.41) is 0. The van der Waals surface area contributed by atoms with Gasteiger partial charge in [0.15, 0.2) is 0 Å². The number of benzene rings is 1. The van der Waals surface area contributed by atoms with Crippen molar-refractivity contribution in [2.24, 2.45) is 5.73 Å². The average molecular weight is 243 g/mol. The van der Waals surface area contributed by atoms with Crippen LogP contribution in [0.25, 0.3) is 11.3 Å². The predicted molar refractivity (Wildman–Crippen MR) is 67.3 cm³/mol. The maximum absolute atomic E-state index is 11.2. The Kier molecular flexibility index (Phi) is 3.23. The molecule has 18 heavy (non-hydrogen) atoms. The first-order chi connectivity index (χ1) is 8.61. The van der Waals surface area contributed by atoms with Gasteiger partial charge in [-0.05, 0) is 25.1 Å². The van der Waals surface area contributed by atoms with Crippen molar-refractivity contribution in [2.75, 3.05) is 7.11 Å². The summed E-state index contributed by atoms with van der Waals surface area (Å²) in [4.78, 5) is 19.5. The highest BCUT2D eigenvalue weighted by atomic mass is 16.5. The van der Waals surface area contributed by atoms with E-state index >= 15 is 0 Å². The van der Waals surface area contributed by atoms with Crippen molar-refractivity contribution in [3.05, 3.63) is 41.9 Å². The van der Waals surface area contributed by atoms with E-state index in [0.29, 0.717) is 17.3 Å². The van der Waals surface area contributed by atoms with Crippen molar-refractivity contribution in [3.63, 3.8) is 0 Å². The second-order valence-corrected chi connectivity index (χ2v) is 3.75. The smallest absolute Gasteiger partial charge is 0.267 e. The molecule has 2 N–H and O–H groups in total. The molecule has 2 aromatic rings. The molecule has 0 saturated heterocycles. The van der Waals surface area contributed by atoms with Gasteiger partial charge in [0.2, 0.25) is 0 Å². The highest BCUT2D eigenvalue weighted by Crippen LogP contribution is 2.28. The number of hydrogen-bond donors (Lipinski definition) is 1. The minimum atomic E-state index is -0.573. The minimum absolute atomic E-state index is 0.198. The highest BCUT2D eigenvalue weighted by Gasteiger charge is 2.11. The lowest BCUT2D eigenvalue weighted by molar-refractivity contribution is 0.0995. The molecule has 1 aromatic carbocycles. The zero-order valence-electron chi connectivity index (χ0n) is 10.2. The zero-order valence-corrected chi connectivity index (χ0v) is 10.2. The van der Waals surface area contributed by atoms with E-state index < -0.39 is 5.91 Å². The number of hydrogen-bond acceptors (Lipinski definition) is 4. The number of amides is 1. The van der Waals surface area contributed by atoms with Gasteiger partial charge in [-0.3, -0.25) is 4.79 Å².